The van der Waals surface area contributed by atoms with Gasteiger partial charge in [0.2, 0.25) is 0 Å². The van der Waals surface area contributed by atoms with Crippen LogP contribution in [0.4, 0.5) is 0 Å². The van der Waals surface area contributed by atoms with Crippen LogP contribution in [0.5, 0.6) is 0 Å². The Hall–Kier alpha value is -1.56. The van der Waals surface area contributed by atoms with E-state index in [1.165, 1.54) is 6.08 Å². The van der Waals surface area contributed by atoms with Crippen LogP contribution in [0, 0.1) is 0 Å². The summed E-state index contributed by atoms with van der Waals surface area (Å²) in [7, 11) is -1.85. The van der Waals surface area contributed by atoms with E-state index in [2.05, 4.69) is 11.4 Å². The number of aliphatic carboxylic acids is 1. The first kappa shape index (κ1) is 15.4. The molecule has 0 aliphatic rings. The van der Waals surface area contributed by atoms with Crippen molar-refractivity contribution in [3.8, 4) is 0 Å². The summed E-state index contributed by atoms with van der Waals surface area (Å²) in [4.78, 5) is 24.5. The first-order valence-corrected chi connectivity index (χ1v) is 8.41. The molecule has 0 saturated heterocycles. The molecule has 17 heavy (non-hydrogen) atoms. The molecule has 6 nitrogen and oxygen atoms in total. The van der Waals surface area contributed by atoms with Crippen molar-refractivity contribution < 1.29 is 23.9 Å². The number of hydrogen-bond acceptors (Lipinski definition) is 3. The molecule has 0 aromatic carbocycles. The molecule has 7 heteroatoms. The van der Waals surface area contributed by atoms with Crippen molar-refractivity contribution in [3.05, 3.63) is 18.2 Å². The normalized spacial score (nSPS) is 12.4. The number of ketones is 1. The van der Waals surface area contributed by atoms with E-state index in [1.54, 1.807) is 0 Å². The van der Waals surface area contributed by atoms with E-state index >= 15 is 0 Å². The van der Waals surface area contributed by atoms with E-state index in [4.69, 9.17) is 15.1 Å². The Kier molecular flexibility index (Phi) is 5.67. The number of rotatable bonds is 7. The highest BCUT2D eigenvalue weighted by molar-refractivity contribution is 6.69. The number of Topliss-reactive ketones (excluding diaryl/α,β-unsaturated/α-hetero) is 1. The molecule has 0 aliphatic carbocycles. The van der Waals surface area contributed by atoms with Crippen molar-refractivity contribution in [2.75, 3.05) is 0 Å². The lowest BCUT2D eigenvalue weighted by Crippen LogP contribution is -2.35. The Bertz CT molecular complexity index is 380. The number of carboxylic acid groups (broad SMARTS) is 1. The van der Waals surface area contributed by atoms with Crippen LogP contribution in [-0.4, -0.2) is 41.8 Å². The minimum atomic E-state index is -1.85. The smallest absolute Gasteiger partial charge is 0.441 e. The fourth-order valence-corrected chi connectivity index (χ4v) is 2.21. The van der Waals surface area contributed by atoms with Gasteiger partial charge in [0, 0.05) is 6.42 Å². The molecule has 0 bridgehead atoms. The van der Waals surface area contributed by atoms with Gasteiger partial charge in [-0.3, -0.25) is 4.79 Å². The summed E-state index contributed by atoms with van der Waals surface area (Å²) in [5, 5.41) is 8.59. The fourth-order valence-electron chi connectivity index (χ4n) is 1.12. The van der Waals surface area contributed by atoms with Crippen LogP contribution in [0.25, 0.3) is 5.53 Å². The minimum Gasteiger partial charge on any atom is -0.472 e. The highest BCUT2D eigenvalue weighted by Gasteiger charge is 2.31. The Labute approximate surface area is 101 Å². The predicted octanol–water partition coefficient (Wildman–Crippen LogP) is 1.11. The summed E-state index contributed by atoms with van der Waals surface area (Å²) >= 11 is 0. The summed E-state index contributed by atoms with van der Waals surface area (Å²) < 4.78 is 5.60. The lowest BCUT2D eigenvalue weighted by atomic mass is 10.1. The van der Waals surface area contributed by atoms with Crippen LogP contribution in [0.3, 0.4) is 0 Å². The summed E-state index contributed by atoms with van der Waals surface area (Å²) in [6.07, 6.45) is 0.678. The van der Waals surface area contributed by atoms with Gasteiger partial charge in [-0.25, -0.2) is 4.79 Å². The Balaban J connectivity index is 4.70. The van der Waals surface area contributed by atoms with Gasteiger partial charge in [-0.15, -0.1) is 6.58 Å². The topological polar surface area (TPSA) is 100 Å². The van der Waals surface area contributed by atoms with Crippen molar-refractivity contribution in [2.24, 2.45) is 0 Å². The van der Waals surface area contributed by atoms with E-state index < -0.39 is 31.9 Å². The SMILES string of the molecule is C=CC(CC(=O)C(=[N+]=[N-])C(=O)O)O[Si](C)(C)C. The zero-order chi connectivity index (χ0) is 13.6. The first-order chi connectivity index (χ1) is 7.71. The van der Waals surface area contributed by atoms with Gasteiger partial charge in [-0.2, -0.15) is 4.79 Å². The third-order valence-corrected chi connectivity index (χ3v) is 2.73. The van der Waals surface area contributed by atoms with Crippen molar-refractivity contribution in [2.45, 2.75) is 32.2 Å². The highest BCUT2D eigenvalue weighted by Crippen LogP contribution is 2.11. The van der Waals surface area contributed by atoms with Crippen LogP contribution in [-0.2, 0) is 14.0 Å². The molecular formula is C10H16N2O4Si. The van der Waals surface area contributed by atoms with Gasteiger partial charge in [0.15, 0.2) is 8.32 Å². The summed E-state index contributed by atoms with van der Waals surface area (Å²) in [6.45, 7) is 9.33. The molecule has 0 rings (SSSR count). The molecule has 0 aliphatic heterocycles. The molecule has 0 fully saturated rings. The van der Waals surface area contributed by atoms with Gasteiger partial charge in [0.1, 0.15) is 0 Å². The first-order valence-electron chi connectivity index (χ1n) is 5.00. The van der Waals surface area contributed by atoms with Crippen LogP contribution < -0.4 is 0 Å². The molecule has 0 spiro atoms. The van der Waals surface area contributed by atoms with E-state index in [1.807, 2.05) is 19.6 Å². The second-order valence-electron chi connectivity index (χ2n) is 4.39. The molecule has 1 atom stereocenters. The maximum Gasteiger partial charge on any atom is 0.441 e. The van der Waals surface area contributed by atoms with E-state index in [0.29, 0.717) is 0 Å². The zero-order valence-corrected chi connectivity index (χ0v) is 11.1. The van der Waals surface area contributed by atoms with E-state index in [0.717, 1.165) is 0 Å². The second kappa shape index (κ2) is 6.24. The molecule has 0 radical (unpaired) electrons. The van der Waals surface area contributed by atoms with Gasteiger partial charge >= 0.3 is 11.7 Å². The summed E-state index contributed by atoms with van der Waals surface area (Å²) in [5.74, 6) is -2.35. The third kappa shape index (κ3) is 5.91. The standard InChI is InChI=1S/C10H16N2O4Si/c1-5-7(16-17(2,3)4)6-8(13)9(12-11)10(14)15/h5,7H,1,6H2,2-4H3,(H,14,15). The fraction of sp³-hybridized carbons (Fsp3) is 0.500. The van der Waals surface area contributed by atoms with Crippen LogP contribution >= 0.6 is 0 Å². The maximum atomic E-state index is 11.5. The van der Waals surface area contributed by atoms with E-state index in [-0.39, 0.29) is 6.42 Å². The monoisotopic (exact) mass is 256 g/mol. The van der Waals surface area contributed by atoms with Gasteiger partial charge in [0.05, 0.1) is 6.10 Å². The minimum absolute atomic E-state index is 0.195. The van der Waals surface area contributed by atoms with Crippen molar-refractivity contribution in [1.29, 1.82) is 0 Å². The van der Waals surface area contributed by atoms with Gasteiger partial charge in [-0.1, -0.05) is 6.08 Å². The number of carbonyl (C=O) groups is 2. The molecule has 94 valence electrons. The maximum absolute atomic E-state index is 11.5. The van der Waals surface area contributed by atoms with Crippen LogP contribution in [0.2, 0.25) is 19.6 Å². The molecule has 0 heterocycles. The van der Waals surface area contributed by atoms with Crippen LogP contribution in [0.15, 0.2) is 12.7 Å². The summed E-state index contributed by atoms with van der Waals surface area (Å²) in [6, 6.07) is 0. The molecule has 0 amide bonds. The molecule has 1 N–H and O–H groups in total. The quantitative estimate of drug-likeness (QED) is 0.184. The largest absolute Gasteiger partial charge is 0.472 e. The number of carboxylic acids is 1. The Morgan fingerprint density at radius 2 is 2.06 bits per heavy atom. The lowest BCUT2D eigenvalue weighted by Gasteiger charge is -2.22. The Morgan fingerprint density at radius 1 is 1.53 bits per heavy atom. The number of carbonyl (C=O) groups excluding carboxylic acids is 1. The Morgan fingerprint density at radius 3 is 2.35 bits per heavy atom. The molecule has 0 aromatic rings. The van der Waals surface area contributed by atoms with E-state index in [9.17, 15) is 9.59 Å². The summed E-state index contributed by atoms with van der Waals surface area (Å²) in [5.41, 5.74) is 7.52. The van der Waals surface area contributed by atoms with Gasteiger partial charge < -0.3 is 15.1 Å². The molecular weight excluding hydrogens is 240 g/mol. The average molecular weight is 256 g/mol. The molecule has 0 saturated carbocycles. The van der Waals surface area contributed by atoms with Gasteiger partial charge in [0.25, 0.3) is 5.78 Å². The number of nitrogens with zero attached hydrogens (tertiary/aromatic N) is 2. The van der Waals surface area contributed by atoms with Crippen LogP contribution in [0.1, 0.15) is 6.42 Å². The van der Waals surface area contributed by atoms with Crippen molar-refractivity contribution in [1.82, 2.24) is 0 Å². The highest BCUT2D eigenvalue weighted by atomic mass is 28.4. The van der Waals surface area contributed by atoms with Gasteiger partial charge in [-0.05, 0) is 19.6 Å². The van der Waals surface area contributed by atoms with Crippen molar-refractivity contribution in [3.63, 3.8) is 0 Å². The predicted molar refractivity (Wildman–Crippen MR) is 64.3 cm³/mol. The second-order valence-corrected chi connectivity index (χ2v) is 8.85. The number of hydrogen-bond donors (Lipinski definition) is 1. The zero-order valence-electron chi connectivity index (χ0n) is 10.1. The third-order valence-electron chi connectivity index (χ3n) is 1.72. The van der Waals surface area contributed by atoms with Crippen molar-refractivity contribution >= 4 is 25.8 Å². The molecule has 0 aromatic heterocycles. The average Bonchev–Trinajstić information content (AvgIpc) is 2.14. The lowest BCUT2D eigenvalue weighted by molar-refractivity contribution is -0.136. The molecule has 1 unspecified atom stereocenters.